The van der Waals surface area contributed by atoms with Gasteiger partial charge in [0, 0.05) is 0 Å². The van der Waals surface area contributed by atoms with Crippen molar-refractivity contribution >= 4 is 39.3 Å². The van der Waals surface area contributed by atoms with Crippen LogP contribution in [0.4, 0.5) is 0 Å². The van der Waals surface area contributed by atoms with Gasteiger partial charge in [0.05, 0.1) is 81.8 Å². The van der Waals surface area contributed by atoms with E-state index >= 15 is 0 Å². The second-order valence-electron chi connectivity index (χ2n) is 25.4. The Morgan fingerprint density at radius 2 is 0.284 bits per heavy atom. The minimum Gasteiger partial charge on any atom is -0.497 e. The summed E-state index contributed by atoms with van der Waals surface area (Å²) >= 11 is 0. The fourth-order valence-electron chi connectivity index (χ4n) is 10.2. The van der Waals surface area contributed by atoms with Crippen molar-refractivity contribution in [1.29, 1.82) is 0 Å². The highest BCUT2D eigenvalue weighted by Crippen LogP contribution is 2.29. The van der Waals surface area contributed by atoms with Crippen LogP contribution in [0.2, 0.25) is 0 Å². The molecule has 0 aliphatic carbocycles. The predicted octanol–water partition coefficient (Wildman–Crippen LogP) is 22.7. The molecule has 116 heavy (non-hydrogen) atoms. The quantitative estimate of drug-likeness (QED) is 0.0998. The Labute approximate surface area is 689 Å². The SMILES string of the molecule is COc1ccccc1.COc1ccccc1.COc1ccccc1.COc1ccccc1.COc1ccccc1.COc1ccccc1.Cc1ccc(C)c(S(=O)(=O)c2ccccc2)c1.Cc1ccc(C)c(S(=O)(=O)c2ccccc2)c1.Cc1ccc(C)c(S(=O)(=O)c2ccccc2)c1.Cc1ccc(C)c(S(=O)(=O)c2ccccc2)c1. The normalized spacial score (nSPS) is 10.3. The van der Waals surface area contributed by atoms with Gasteiger partial charge in [0.15, 0.2) is 0 Å². The van der Waals surface area contributed by atoms with Crippen LogP contribution in [0.1, 0.15) is 44.5 Å². The monoisotopic (exact) mass is 1630 g/mol. The Bertz CT molecular complexity index is 4820. The second kappa shape index (κ2) is 50.0. The number of benzene rings is 14. The molecule has 0 aliphatic rings. The van der Waals surface area contributed by atoms with E-state index in [1.54, 1.807) is 164 Å². The van der Waals surface area contributed by atoms with Gasteiger partial charge in [0.1, 0.15) is 34.5 Å². The van der Waals surface area contributed by atoms with E-state index < -0.39 is 39.3 Å². The fraction of sp³-hybridized carbons (Fsp3) is 0.143. The van der Waals surface area contributed by atoms with Gasteiger partial charge in [-0.1, -0.05) is 231 Å². The molecule has 14 aromatic carbocycles. The summed E-state index contributed by atoms with van der Waals surface area (Å²) in [4.78, 5) is 2.93. The molecule has 0 bridgehead atoms. The lowest BCUT2D eigenvalue weighted by Crippen LogP contribution is -2.04. The summed E-state index contributed by atoms with van der Waals surface area (Å²) in [6, 6.07) is 114. The van der Waals surface area contributed by atoms with Crippen LogP contribution < -0.4 is 28.4 Å². The molecule has 0 fully saturated rings. The molecule has 0 aromatic heterocycles. The van der Waals surface area contributed by atoms with Gasteiger partial charge in [0.2, 0.25) is 39.3 Å². The molecular formula is C98H104O14S4. The lowest BCUT2D eigenvalue weighted by molar-refractivity contribution is 0.414. The number of para-hydroxylation sites is 6. The first-order valence-electron chi connectivity index (χ1n) is 36.7. The largest absolute Gasteiger partial charge is 0.497 e. The topological polar surface area (TPSA) is 192 Å². The van der Waals surface area contributed by atoms with Gasteiger partial charge in [0.25, 0.3) is 0 Å². The Kier molecular flexibility index (Phi) is 40.7. The third kappa shape index (κ3) is 31.9. The molecule has 0 N–H and O–H groups in total. The third-order valence-electron chi connectivity index (χ3n) is 16.6. The van der Waals surface area contributed by atoms with E-state index in [1.165, 1.54) is 0 Å². The molecule has 0 saturated heterocycles. The molecule has 0 atom stereocenters. The van der Waals surface area contributed by atoms with Gasteiger partial charge in [-0.25, -0.2) is 33.7 Å². The minimum atomic E-state index is -3.39. The summed E-state index contributed by atoms with van der Waals surface area (Å²) in [5, 5.41) is 0. The zero-order valence-electron chi connectivity index (χ0n) is 68.1. The number of methoxy groups -OCH3 is 6. The Balaban J connectivity index is 0.000000234. The van der Waals surface area contributed by atoms with Gasteiger partial charge in [-0.3, -0.25) is 0 Å². The van der Waals surface area contributed by atoms with E-state index in [9.17, 15) is 33.7 Å². The molecule has 0 heterocycles. The van der Waals surface area contributed by atoms with Crippen molar-refractivity contribution in [3.05, 3.63) is 421 Å². The van der Waals surface area contributed by atoms with Crippen LogP contribution in [-0.4, -0.2) is 76.3 Å². The number of ether oxygens (including phenoxy) is 6. The predicted molar refractivity (Wildman–Crippen MR) is 469 cm³/mol. The highest BCUT2D eigenvalue weighted by molar-refractivity contribution is 7.92. The average molecular weight is 1630 g/mol. The molecule has 0 saturated carbocycles. The van der Waals surface area contributed by atoms with Crippen molar-refractivity contribution < 1.29 is 62.1 Å². The molecule has 14 aromatic rings. The van der Waals surface area contributed by atoms with Crippen molar-refractivity contribution in [3.8, 4) is 34.5 Å². The lowest BCUT2D eigenvalue weighted by Gasteiger charge is -2.08. The summed E-state index contributed by atoms with van der Waals surface area (Å²) in [6.07, 6.45) is 0. The first-order chi connectivity index (χ1) is 55.7. The van der Waals surface area contributed by atoms with E-state index in [2.05, 4.69) is 0 Å². The second-order valence-corrected chi connectivity index (χ2v) is 33.1. The summed E-state index contributed by atoms with van der Waals surface area (Å²) in [5.74, 6) is 5.46. The molecule has 14 nitrogen and oxygen atoms in total. The van der Waals surface area contributed by atoms with Crippen LogP contribution in [0.5, 0.6) is 34.5 Å². The first-order valence-corrected chi connectivity index (χ1v) is 42.6. The van der Waals surface area contributed by atoms with Crippen molar-refractivity contribution in [3.63, 3.8) is 0 Å². The van der Waals surface area contributed by atoms with E-state index in [4.69, 9.17) is 28.4 Å². The van der Waals surface area contributed by atoms with E-state index in [-0.39, 0.29) is 0 Å². The number of hydrogen-bond donors (Lipinski definition) is 0. The van der Waals surface area contributed by atoms with Gasteiger partial charge >= 0.3 is 0 Å². The maximum atomic E-state index is 12.4. The molecule has 0 spiro atoms. The highest BCUT2D eigenvalue weighted by Gasteiger charge is 2.23. The zero-order chi connectivity index (χ0) is 84.8. The molecule has 0 radical (unpaired) electrons. The first kappa shape index (κ1) is 94.3. The summed E-state index contributed by atoms with van der Waals surface area (Å²) in [7, 11) is -3.60. The number of sulfone groups is 4. The van der Waals surface area contributed by atoms with Gasteiger partial charge < -0.3 is 28.4 Å². The van der Waals surface area contributed by atoms with Crippen LogP contribution >= 0.6 is 0 Å². The number of rotatable bonds is 14. The van der Waals surface area contributed by atoms with E-state index in [0.29, 0.717) is 39.2 Å². The molecule has 18 heteroatoms. The fourth-order valence-corrected chi connectivity index (χ4v) is 16.6. The van der Waals surface area contributed by atoms with Crippen LogP contribution in [0.25, 0.3) is 0 Å². The number of hydrogen-bond acceptors (Lipinski definition) is 14. The maximum absolute atomic E-state index is 12.4. The van der Waals surface area contributed by atoms with Gasteiger partial charge in [-0.15, -0.1) is 0 Å². The Hall–Kier alpha value is -12.3. The van der Waals surface area contributed by atoms with Crippen LogP contribution in [0.3, 0.4) is 0 Å². The van der Waals surface area contributed by atoms with Crippen molar-refractivity contribution in [2.24, 2.45) is 0 Å². The Morgan fingerprint density at radius 3 is 0.397 bits per heavy atom. The third-order valence-corrected chi connectivity index (χ3v) is 24.3. The van der Waals surface area contributed by atoms with E-state index in [1.807, 2.05) is 310 Å². The summed E-state index contributed by atoms with van der Waals surface area (Å²) in [5.41, 5.74) is 6.91. The van der Waals surface area contributed by atoms with Gasteiger partial charge in [-0.2, -0.15) is 0 Å². The van der Waals surface area contributed by atoms with Crippen molar-refractivity contribution in [1.82, 2.24) is 0 Å². The summed E-state index contributed by atoms with van der Waals surface area (Å²) < 4.78 is 129. The summed E-state index contributed by atoms with van der Waals surface area (Å²) in [6.45, 7) is 14.8. The minimum absolute atomic E-state index is 0.341. The molecular weight excluding hydrogens is 1530 g/mol. The number of aryl methyl sites for hydroxylation is 8. The molecule has 0 amide bonds. The van der Waals surface area contributed by atoms with E-state index in [0.717, 1.165) is 79.0 Å². The smallest absolute Gasteiger partial charge is 0.206 e. The maximum Gasteiger partial charge on any atom is 0.206 e. The molecule has 14 rings (SSSR count). The van der Waals surface area contributed by atoms with Gasteiger partial charge in [-0.05, 0) is 245 Å². The zero-order valence-corrected chi connectivity index (χ0v) is 71.4. The molecule has 0 unspecified atom stereocenters. The Morgan fingerprint density at radius 1 is 0.164 bits per heavy atom. The van der Waals surface area contributed by atoms with Crippen LogP contribution in [-0.2, 0) is 39.3 Å². The van der Waals surface area contributed by atoms with Crippen molar-refractivity contribution in [2.75, 3.05) is 42.7 Å². The molecule has 604 valence electrons. The lowest BCUT2D eigenvalue weighted by atomic mass is 10.2. The van der Waals surface area contributed by atoms with Crippen LogP contribution in [0.15, 0.2) is 415 Å². The van der Waals surface area contributed by atoms with Crippen molar-refractivity contribution in [2.45, 2.75) is 94.6 Å². The van der Waals surface area contributed by atoms with Crippen LogP contribution in [0, 0.1) is 55.4 Å². The average Bonchev–Trinajstić information content (AvgIpc) is 0.812. The standard InChI is InChI=1S/4C14H14O2S.6C7H8O/c4*1-11-8-9-12(2)14(10-11)17(15,16)13-6-4-3-5-7-13;6*1-8-7-5-3-2-4-6-7/h4*3-10H,1-2H3;6*2-6H,1H3. The highest BCUT2D eigenvalue weighted by atomic mass is 32.2. The molecule has 0 aliphatic heterocycles.